The van der Waals surface area contributed by atoms with Crippen molar-refractivity contribution in [3.8, 4) is 0 Å². The van der Waals surface area contributed by atoms with Gasteiger partial charge in [0.1, 0.15) is 5.69 Å². The molecule has 0 aliphatic carbocycles. The fraction of sp³-hybridized carbons (Fsp3) is 0.214. The van der Waals surface area contributed by atoms with Gasteiger partial charge in [-0.2, -0.15) is 5.10 Å². The summed E-state index contributed by atoms with van der Waals surface area (Å²) >= 11 is 5.97. The Morgan fingerprint density at radius 3 is 2.76 bits per heavy atom. The average molecular weight is 308 g/mol. The van der Waals surface area contributed by atoms with Gasteiger partial charge in [0.05, 0.1) is 6.10 Å². The van der Waals surface area contributed by atoms with Crippen molar-refractivity contribution in [3.63, 3.8) is 0 Å². The Hall–Kier alpha value is -2.18. The fourth-order valence-electron chi connectivity index (χ4n) is 1.76. The molecule has 2 rings (SSSR count). The predicted molar refractivity (Wildman–Crippen MR) is 78.2 cm³/mol. The Kier molecular flexibility index (Phi) is 4.72. The van der Waals surface area contributed by atoms with Crippen LogP contribution in [0, 0.1) is 0 Å². The molecule has 1 atom stereocenters. The predicted octanol–water partition coefficient (Wildman–Crippen LogP) is 0.897. The number of rotatable bonds is 4. The molecule has 0 aliphatic heterocycles. The lowest BCUT2D eigenvalue weighted by atomic mass is 10.1. The molecule has 2 aromatic rings. The normalized spacial score (nSPS) is 12.0. The van der Waals surface area contributed by atoms with Crippen molar-refractivity contribution < 1.29 is 9.90 Å². The average Bonchev–Trinajstić information content (AvgIpc) is 2.47. The van der Waals surface area contributed by atoms with E-state index in [1.54, 1.807) is 24.3 Å². The lowest BCUT2D eigenvalue weighted by molar-refractivity contribution is 0.0909. The number of nitrogens with one attached hydrogen (secondary N) is 1. The van der Waals surface area contributed by atoms with Crippen LogP contribution in [0.2, 0.25) is 5.02 Å². The first kappa shape index (κ1) is 15.2. The molecule has 1 aromatic heterocycles. The van der Waals surface area contributed by atoms with Crippen LogP contribution in [-0.4, -0.2) is 27.3 Å². The summed E-state index contributed by atoms with van der Waals surface area (Å²) in [5.41, 5.74) is 0.332. The van der Waals surface area contributed by atoms with Crippen LogP contribution >= 0.6 is 11.6 Å². The van der Waals surface area contributed by atoms with Gasteiger partial charge in [0.15, 0.2) is 0 Å². The van der Waals surface area contributed by atoms with Crippen molar-refractivity contribution in [1.82, 2.24) is 15.1 Å². The maximum atomic E-state index is 11.9. The number of nitrogens with zero attached hydrogens (tertiary/aromatic N) is 2. The molecule has 1 amide bonds. The van der Waals surface area contributed by atoms with E-state index in [0.717, 1.165) is 4.68 Å². The van der Waals surface area contributed by atoms with Crippen LogP contribution < -0.4 is 10.9 Å². The second-order valence-electron chi connectivity index (χ2n) is 4.43. The van der Waals surface area contributed by atoms with Gasteiger partial charge in [0.2, 0.25) is 0 Å². The van der Waals surface area contributed by atoms with Crippen molar-refractivity contribution in [2.24, 2.45) is 7.05 Å². The van der Waals surface area contributed by atoms with E-state index in [0.29, 0.717) is 10.6 Å². The summed E-state index contributed by atoms with van der Waals surface area (Å²) in [6.07, 6.45) is -0.921. The van der Waals surface area contributed by atoms with E-state index in [2.05, 4.69) is 10.4 Å². The van der Waals surface area contributed by atoms with Crippen molar-refractivity contribution >= 4 is 17.5 Å². The Labute approximate surface area is 126 Å². The zero-order valence-electron chi connectivity index (χ0n) is 11.3. The number of amides is 1. The van der Waals surface area contributed by atoms with Crippen LogP contribution in [0.5, 0.6) is 0 Å². The number of aryl methyl sites for hydroxylation is 1. The van der Waals surface area contributed by atoms with Crippen LogP contribution in [0.25, 0.3) is 0 Å². The molecule has 0 saturated heterocycles. The summed E-state index contributed by atoms with van der Waals surface area (Å²) in [7, 11) is 1.46. The number of aliphatic hydroxyl groups excluding tert-OH is 1. The maximum absolute atomic E-state index is 11.9. The maximum Gasteiger partial charge on any atom is 0.271 e. The number of halogens is 1. The third kappa shape index (κ3) is 3.68. The van der Waals surface area contributed by atoms with Crippen LogP contribution in [0.1, 0.15) is 22.2 Å². The molecule has 7 heteroatoms. The van der Waals surface area contributed by atoms with Gasteiger partial charge in [-0.3, -0.25) is 9.59 Å². The van der Waals surface area contributed by atoms with E-state index in [1.165, 1.54) is 19.2 Å². The highest BCUT2D eigenvalue weighted by atomic mass is 35.5. The highest BCUT2D eigenvalue weighted by Gasteiger charge is 2.14. The van der Waals surface area contributed by atoms with Crippen LogP contribution in [0.3, 0.4) is 0 Å². The smallest absolute Gasteiger partial charge is 0.271 e. The first-order chi connectivity index (χ1) is 9.99. The number of carbonyl (C=O) groups is 1. The molecule has 2 N–H and O–H groups in total. The molecule has 0 fully saturated rings. The van der Waals surface area contributed by atoms with E-state index >= 15 is 0 Å². The monoisotopic (exact) mass is 307 g/mol. The van der Waals surface area contributed by atoms with Crippen LogP contribution in [0.4, 0.5) is 0 Å². The molecule has 1 heterocycles. The first-order valence-corrected chi connectivity index (χ1v) is 6.62. The zero-order chi connectivity index (χ0) is 15.4. The van der Waals surface area contributed by atoms with Crippen LogP contribution in [0.15, 0.2) is 41.2 Å². The molecule has 0 bridgehead atoms. The second-order valence-corrected chi connectivity index (χ2v) is 4.83. The Morgan fingerprint density at radius 1 is 1.38 bits per heavy atom. The molecule has 21 heavy (non-hydrogen) atoms. The zero-order valence-corrected chi connectivity index (χ0v) is 12.0. The lowest BCUT2D eigenvalue weighted by Crippen LogP contribution is -2.31. The molecule has 6 nitrogen and oxygen atoms in total. The molecule has 0 spiro atoms. The number of hydrogen-bond donors (Lipinski definition) is 2. The summed E-state index contributed by atoms with van der Waals surface area (Å²) in [5, 5.41) is 16.8. The summed E-state index contributed by atoms with van der Waals surface area (Å²) in [6.45, 7) is -0.00686. The highest BCUT2D eigenvalue weighted by molar-refractivity contribution is 6.31. The molecule has 0 radical (unpaired) electrons. The summed E-state index contributed by atoms with van der Waals surface area (Å²) in [4.78, 5) is 23.1. The number of aromatic nitrogens is 2. The van der Waals surface area contributed by atoms with Gasteiger partial charge < -0.3 is 10.4 Å². The first-order valence-electron chi connectivity index (χ1n) is 6.24. The Balaban J connectivity index is 2.02. The number of benzene rings is 1. The summed E-state index contributed by atoms with van der Waals surface area (Å²) < 4.78 is 1.07. The molecular formula is C14H14ClN3O3. The fourth-order valence-corrected chi connectivity index (χ4v) is 2.02. The Bertz CT molecular complexity index is 715. The van der Waals surface area contributed by atoms with E-state index in [9.17, 15) is 14.7 Å². The highest BCUT2D eigenvalue weighted by Crippen LogP contribution is 2.21. The number of carbonyl (C=O) groups excluding carboxylic acids is 1. The van der Waals surface area contributed by atoms with Crippen molar-refractivity contribution in [2.75, 3.05) is 6.54 Å². The lowest BCUT2D eigenvalue weighted by Gasteiger charge is -2.13. The van der Waals surface area contributed by atoms with Gasteiger partial charge >= 0.3 is 0 Å². The minimum Gasteiger partial charge on any atom is -0.387 e. The standard InChI is InChI=1S/C14H14ClN3O3/c1-18-13(20)7-6-11(17-18)14(21)16-8-12(19)9-4-2-3-5-10(9)15/h2-7,12,19H,8H2,1H3,(H,16,21). The van der Waals surface area contributed by atoms with E-state index in [4.69, 9.17) is 11.6 Å². The molecule has 0 aliphatic rings. The minimum absolute atomic E-state index is 0.00686. The Morgan fingerprint density at radius 2 is 2.10 bits per heavy atom. The van der Waals surface area contributed by atoms with Gasteiger partial charge in [-0.1, -0.05) is 29.8 Å². The third-order valence-electron chi connectivity index (χ3n) is 2.91. The van der Waals surface area contributed by atoms with Gasteiger partial charge in [-0.15, -0.1) is 0 Å². The molecule has 110 valence electrons. The quantitative estimate of drug-likeness (QED) is 0.879. The van der Waals surface area contributed by atoms with E-state index < -0.39 is 12.0 Å². The van der Waals surface area contributed by atoms with Crippen LogP contribution in [-0.2, 0) is 7.05 Å². The number of hydrogen-bond acceptors (Lipinski definition) is 4. The largest absolute Gasteiger partial charge is 0.387 e. The van der Waals surface area contributed by atoms with E-state index in [-0.39, 0.29) is 17.8 Å². The minimum atomic E-state index is -0.921. The SMILES string of the molecule is Cn1nc(C(=O)NCC(O)c2ccccc2Cl)ccc1=O. The summed E-state index contributed by atoms with van der Waals surface area (Å²) in [5.74, 6) is -0.475. The summed E-state index contributed by atoms with van der Waals surface area (Å²) in [6, 6.07) is 9.44. The van der Waals surface area contributed by atoms with Gasteiger partial charge in [-0.05, 0) is 12.1 Å². The third-order valence-corrected chi connectivity index (χ3v) is 3.26. The molecule has 1 aromatic carbocycles. The van der Waals surface area contributed by atoms with Crippen molar-refractivity contribution in [3.05, 3.63) is 63.0 Å². The topological polar surface area (TPSA) is 84.2 Å². The van der Waals surface area contributed by atoms with Gasteiger partial charge in [-0.25, -0.2) is 4.68 Å². The molecular weight excluding hydrogens is 294 g/mol. The van der Waals surface area contributed by atoms with Crippen molar-refractivity contribution in [1.29, 1.82) is 0 Å². The molecule has 1 unspecified atom stereocenters. The van der Waals surface area contributed by atoms with Crippen molar-refractivity contribution in [2.45, 2.75) is 6.10 Å². The van der Waals surface area contributed by atoms with Gasteiger partial charge in [0, 0.05) is 30.2 Å². The second kappa shape index (κ2) is 6.51. The molecule has 0 saturated carbocycles. The van der Waals surface area contributed by atoms with E-state index in [1.807, 2.05) is 0 Å². The number of aliphatic hydroxyl groups is 1. The van der Waals surface area contributed by atoms with Gasteiger partial charge in [0.25, 0.3) is 11.5 Å².